The lowest BCUT2D eigenvalue weighted by Crippen LogP contribution is -1.92. The van der Waals surface area contributed by atoms with Crippen LogP contribution in [-0.2, 0) is 18.4 Å². The molecule has 0 bridgehead atoms. The van der Waals surface area contributed by atoms with Gasteiger partial charge in [-0.25, -0.2) is 4.79 Å². The van der Waals surface area contributed by atoms with Gasteiger partial charge in [-0.05, 0) is 12.5 Å². The highest BCUT2D eigenvalue weighted by atomic mass is 31.2. The third-order valence-corrected chi connectivity index (χ3v) is 3.39. The molecule has 0 saturated carbocycles. The highest BCUT2D eigenvalue weighted by Gasteiger charge is 2.17. The molecule has 0 fully saturated rings. The molecule has 0 atom stereocenters. The maximum Gasteiger partial charge on any atom is 0.333 e. The molecule has 0 radical (unpaired) electrons. The Morgan fingerprint density at radius 1 is 1.40 bits per heavy atom. The van der Waals surface area contributed by atoms with Gasteiger partial charge in [0.25, 0.3) is 0 Å². The number of carboxylic acids is 1. The number of carbonyl (C=O) groups is 1. The fourth-order valence-corrected chi connectivity index (χ4v) is 1.65. The van der Waals surface area contributed by atoms with Crippen LogP contribution in [0.5, 0.6) is 0 Å². The summed E-state index contributed by atoms with van der Waals surface area (Å²) >= 11 is 0. The van der Waals surface area contributed by atoms with Crippen molar-refractivity contribution in [2.24, 2.45) is 0 Å². The van der Waals surface area contributed by atoms with Crippen LogP contribution in [0, 0.1) is 0 Å². The molecular formula is C9H15O5P. The maximum absolute atomic E-state index is 11.5. The van der Waals surface area contributed by atoms with Crippen molar-refractivity contribution in [2.75, 3.05) is 20.4 Å². The lowest BCUT2D eigenvalue weighted by molar-refractivity contribution is -0.131. The molecule has 5 nitrogen and oxygen atoms in total. The zero-order chi connectivity index (χ0) is 11.9. The summed E-state index contributed by atoms with van der Waals surface area (Å²) in [5, 5.41) is 8.42. The number of rotatable bonds is 6. The predicted molar refractivity (Wildman–Crippen MR) is 57.0 cm³/mol. The highest BCUT2D eigenvalue weighted by molar-refractivity contribution is 7.54. The van der Waals surface area contributed by atoms with E-state index in [1.807, 2.05) is 0 Å². The zero-order valence-electron chi connectivity index (χ0n) is 8.97. The summed E-state index contributed by atoms with van der Waals surface area (Å²) in [5.41, 5.74) is 0.557. The lowest BCUT2D eigenvalue weighted by Gasteiger charge is -2.10. The second-order valence-corrected chi connectivity index (χ2v) is 5.10. The zero-order valence-corrected chi connectivity index (χ0v) is 9.86. The SMILES string of the molecule is COP(=O)(C/C=C/C(C)=C/C(=O)O)OC. The smallest absolute Gasteiger partial charge is 0.333 e. The number of hydrogen-bond donors (Lipinski definition) is 1. The molecule has 0 unspecified atom stereocenters. The fraction of sp³-hybridized carbons (Fsp3) is 0.444. The number of carboxylic acid groups (broad SMARTS) is 1. The molecule has 6 heteroatoms. The van der Waals surface area contributed by atoms with Crippen LogP contribution < -0.4 is 0 Å². The van der Waals surface area contributed by atoms with E-state index >= 15 is 0 Å². The van der Waals surface area contributed by atoms with E-state index in [1.54, 1.807) is 19.1 Å². The molecule has 0 aromatic rings. The van der Waals surface area contributed by atoms with Gasteiger partial charge < -0.3 is 14.2 Å². The van der Waals surface area contributed by atoms with Crippen molar-refractivity contribution >= 4 is 13.6 Å². The molecule has 1 N–H and O–H groups in total. The number of hydrogen-bond acceptors (Lipinski definition) is 4. The van der Waals surface area contributed by atoms with Gasteiger partial charge in [-0.15, -0.1) is 0 Å². The minimum atomic E-state index is -3.03. The highest BCUT2D eigenvalue weighted by Crippen LogP contribution is 2.46. The summed E-state index contributed by atoms with van der Waals surface area (Å²) in [6, 6.07) is 0. The Balaban J connectivity index is 4.33. The summed E-state index contributed by atoms with van der Waals surface area (Å²) in [7, 11) is -0.426. The van der Waals surface area contributed by atoms with Crippen LogP contribution in [0.4, 0.5) is 0 Å². The van der Waals surface area contributed by atoms with Crippen molar-refractivity contribution in [1.82, 2.24) is 0 Å². The minimum Gasteiger partial charge on any atom is -0.478 e. The molecule has 0 saturated heterocycles. The van der Waals surface area contributed by atoms with Gasteiger partial charge in [0.05, 0.1) is 6.16 Å². The third kappa shape index (κ3) is 6.23. The summed E-state index contributed by atoms with van der Waals surface area (Å²) < 4.78 is 20.9. The summed E-state index contributed by atoms with van der Waals surface area (Å²) in [4.78, 5) is 10.3. The molecule has 0 aromatic heterocycles. The van der Waals surface area contributed by atoms with Crippen LogP contribution in [0.15, 0.2) is 23.8 Å². The van der Waals surface area contributed by atoms with Gasteiger partial charge in [0.1, 0.15) is 0 Å². The van der Waals surface area contributed by atoms with Gasteiger partial charge in [0, 0.05) is 20.3 Å². The van der Waals surface area contributed by atoms with Crippen LogP contribution in [0.2, 0.25) is 0 Å². The van der Waals surface area contributed by atoms with E-state index < -0.39 is 13.6 Å². The second kappa shape index (κ2) is 6.56. The topological polar surface area (TPSA) is 72.8 Å². The Kier molecular flexibility index (Phi) is 6.17. The van der Waals surface area contributed by atoms with Gasteiger partial charge in [-0.1, -0.05) is 12.2 Å². The first kappa shape index (κ1) is 14.1. The Hall–Kier alpha value is -0.900. The van der Waals surface area contributed by atoms with Gasteiger partial charge in [-0.2, -0.15) is 0 Å². The van der Waals surface area contributed by atoms with E-state index in [-0.39, 0.29) is 6.16 Å². The van der Waals surface area contributed by atoms with Crippen molar-refractivity contribution in [2.45, 2.75) is 6.92 Å². The van der Waals surface area contributed by atoms with Crippen LogP contribution in [0.1, 0.15) is 6.92 Å². The summed E-state index contributed by atoms with van der Waals surface area (Å²) in [5.74, 6) is -1.01. The molecule has 86 valence electrons. The van der Waals surface area contributed by atoms with E-state index in [1.165, 1.54) is 14.2 Å². The van der Waals surface area contributed by atoms with Crippen LogP contribution in [0.3, 0.4) is 0 Å². The van der Waals surface area contributed by atoms with E-state index in [0.29, 0.717) is 5.57 Å². The van der Waals surface area contributed by atoms with Crippen LogP contribution in [0.25, 0.3) is 0 Å². The fourth-order valence-electron chi connectivity index (χ4n) is 0.834. The Morgan fingerprint density at radius 3 is 2.33 bits per heavy atom. The molecule has 0 aliphatic rings. The van der Waals surface area contributed by atoms with E-state index in [2.05, 4.69) is 0 Å². The Bertz CT molecular complexity index is 310. The summed E-state index contributed by atoms with van der Waals surface area (Å²) in [6.07, 6.45) is 4.28. The molecule has 0 aromatic carbocycles. The van der Waals surface area contributed by atoms with Crippen molar-refractivity contribution in [3.63, 3.8) is 0 Å². The molecule has 0 heterocycles. The minimum absolute atomic E-state index is 0.116. The largest absolute Gasteiger partial charge is 0.478 e. The van der Waals surface area contributed by atoms with Crippen molar-refractivity contribution in [1.29, 1.82) is 0 Å². The first-order chi connectivity index (χ1) is 6.93. The number of aliphatic carboxylic acids is 1. The third-order valence-electron chi connectivity index (χ3n) is 1.62. The molecule has 0 rings (SSSR count). The van der Waals surface area contributed by atoms with Gasteiger partial charge in [0.2, 0.25) is 0 Å². The molecule has 15 heavy (non-hydrogen) atoms. The van der Waals surface area contributed by atoms with Crippen molar-refractivity contribution in [3.8, 4) is 0 Å². The van der Waals surface area contributed by atoms with E-state index in [4.69, 9.17) is 14.2 Å². The standard InChI is InChI=1S/C9H15O5P/c1-8(7-9(10)11)5-4-6-15(12,13-2)14-3/h4-5,7H,6H2,1-3H3,(H,10,11)/b5-4+,8-7+. The molecule has 0 spiro atoms. The molecule has 0 aliphatic heterocycles. The second-order valence-electron chi connectivity index (χ2n) is 2.79. The lowest BCUT2D eigenvalue weighted by atomic mass is 10.2. The Morgan fingerprint density at radius 2 is 1.93 bits per heavy atom. The molecular weight excluding hydrogens is 219 g/mol. The quantitative estimate of drug-likeness (QED) is 0.432. The van der Waals surface area contributed by atoms with E-state index in [0.717, 1.165) is 6.08 Å². The average molecular weight is 234 g/mol. The number of allylic oxidation sites excluding steroid dienone is 3. The first-order valence-corrected chi connectivity index (χ1v) is 5.94. The van der Waals surface area contributed by atoms with E-state index in [9.17, 15) is 9.36 Å². The average Bonchev–Trinajstić information content (AvgIpc) is 2.16. The normalized spacial score (nSPS) is 13.4. The summed E-state index contributed by atoms with van der Waals surface area (Å²) in [6.45, 7) is 1.63. The van der Waals surface area contributed by atoms with Gasteiger partial charge in [0.15, 0.2) is 0 Å². The van der Waals surface area contributed by atoms with Gasteiger partial charge >= 0.3 is 13.6 Å². The van der Waals surface area contributed by atoms with Crippen molar-refractivity contribution in [3.05, 3.63) is 23.8 Å². The predicted octanol–water partition coefficient (Wildman–Crippen LogP) is 2.06. The van der Waals surface area contributed by atoms with Crippen molar-refractivity contribution < 1.29 is 23.5 Å². The molecule has 0 amide bonds. The van der Waals surface area contributed by atoms with Gasteiger partial charge in [-0.3, -0.25) is 4.57 Å². The Labute approximate surface area is 88.9 Å². The van der Waals surface area contributed by atoms with Crippen LogP contribution in [-0.4, -0.2) is 31.5 Å². The molecule has 0 aliphatic carbocycles. The van der Waals surface area contributed by atoms with Crippen LogP contribution >= 0.6 is 7.60 Å². The first-order valence-electron chi connectivity index (χ1n) is 4.22. The monoisotopic (exact) mass is 234 g/mol. The maximum atomic E-state index is 11.5.